The molecule has 2 aromatic rings. The maximum atomic E-state index is 13.0. The lowest BCUT2D eigenvalue weighted by Gasteiger charge is -2.20. The Kier molecular flexibility index (Phi) is 5.39. The Morgan fingerprint density at radius 2 is 1.65 bits per heavy atom. The zero-order chi connectivity index (χ0) is 18.9. The van der Waals surface area contributed by atoms with E-state index in [9.17, 15) is 21.2 Å². The Morgan fingerprint density at radius 1 is 1.04 bits per heavy atom. The van der Waals surface area contributed by atoms with Gasteiger partial charge in [0.2, 0.25) is 0 Å². The summed E-state index contributed by atoms with van der Waals surface area (Å²) in [6.07, 6.45) is 0. The van der Waals surface area contributed by atoms with Gasteiger partial charge in [-0.15, -0.1) is 0 Å². The molecule has 0 saturated carbocycles. The van der Waals surface area contributed by atoms with Crippen molar-refractivity contribution in [3.05, 3.63) is 64.9 Å². The second kappa shape index (κ2) is 7.26. The third-order valence-corrected chi connectivity index (χ3v) is 8.74. The van der Waals surface area contributed by atoms with E-state index in [0.717, 1.165) is 5.56 Å². The second-order valence-corrected chi connectivity index (χ2v) is 11.0. The van der Waals surface area contributed by atoms with Gasteiger partial charge in [-0.1, -0.05) is 23.7 Å². The molecular formula is C17H17ClFNO4S2. The minimum absolute atomic E-state index is 0.0394. The Labute approximate surface area is 157 Å². The van der Waals surface area contributed by atoms with Crippen molar-refractivity contribution in [2.75, 3.05) is 11.5 Å². The Morgan fingerprint density at radius 3 is 2.27 bits per heavy atom. The van der Waals surface area contributed by atoms with Gasteiger partial charge in [0.25, 0.3) is 0 Å². The molecule has 0 spiro atoms. The molecule has 0 bridgehead atoms. The number of rotatable bonds is 5. The van der Waals surface area contributed by atoms with E-state index in [2.05, 4.69) is 5.32 Å². The highest BCUT2D eigenvalue weighted by atomic mass is 35.5. The molecule has 1 fully saturated rings. The number of nitrogens with one attached hydrogen (secondary N) is 1. The van der Waals surface area contributed by atoms with Crippen LogP contribution in [0.5, 0.6) is 0 Å². The van der Waals surface area contributed by atoms with Crippen LogP contribution in [-0.4, -0.2) is 39.6 Å². The van der Waals surface area contributed by atoms with E-state index in [1.807, 2.05) is 0 Å². The molecule has 1 heterocycles. The van der Waals surface area contributed by atoms with Gasteiger partial charge in [-0.3, -0.25) is 0 Å². The van der Waals surface area contributed by atoms with Gasteiger partial charge < -0.3 is 5.32 Å². The highest BCUT2D eigenvalue weighted by Crippen LogP contribution is 2.27. The first-order valence-corrected chi connectivity index (χ1v) is 11.6. The molecule has 1 aliphatic rings. The maximum absolute atomic E-state index is 13.0. The van der Waals surface area contributed by atoms with Crippen molar-refractivity contribution in [3.8, 4) is 0 Å². The van der Waals surface area contributed by atoms with Gasteiger partial charge in [-0.2, -0.15) is 0 Å². The molecular weight excluding hydrogens is 401 g/mol. The normalized spacial score (nSPS) is 22.4. The van der Waals surface area contributed by atoms with E-state index < -0.39 is 36.7 Å². The predicted molar refractivity (Wildman–Crippen MR) is 98.1 cm³/mol. The van der Waals surface area contributed by atoms with Crippen molar-refractivity contribution in [2.24, 2.45) is 0 Å². The van der Waals surface area contributed by atoms with Gasteiger partial charge in [-0.25, -0.2) is 21.2 Å². The summed E-state index contributed by atoms with van der Waals surface area (Å²) in [5, 5.41) is 2.31. The lowest BCUT2D eigenvalue weighted by molar-refractivity contribution is 0.525. The number of sulfone groups is 2. The second-order valence-electron chi connectivity index (χ2n) is 6.23. The first-order valence-electron chi connectivity index (χ1n) is 7.85. The van der Waals surface area contributed by atoms with Crippen LogP contribution in [0.4, 0.5) is 4.39 Å². The fraction of sp³-hybridized carbons (Fsp3) is 0.294. The Hall–Kier alpha value is -1.48. The third-order valence-electron chi connectivity index (χ3n) is 4.32. The van der Waals surface area contributed by atoms with Crippen molar-refractivity contribution >= 4 is 31.3 Å². The van der Waals surface area contributed by atoms with Crippen molar-refractivity contribution in [1.29, 1.82) is 0 Å². The van der Waals surface area contributed by atoms with Gasteiger partial charge in [-0.05, 0) is 42.0 Å². The summed E-state index contributed by atoms with van der Waals surface area (Å²) in [5.41, 5.74) is 0.735. The molecule has 0 amide bonds. The van der Waals surface area contributed by atoms with Crippen LogP contribution in [0.1, 0.15) is 5.56 Å². The zero-order valence-corrected chi connectivity index (χ0v) is 16.0. The first kappa shape index (κ1) is 19.3. The molecule has 1 saturated heterocycles. The monoisotopic (exact) mass is 417 g/mol. The summed E-state index contributed by atoms with van der Waals surface area (Å²) in [6, 6.07) is 10.6. The number of hydrogen-bond acceptors (Lipinski definition) is 5. The van der Waals surface area contributed by atoms with Crippen LogP contribution < -0.4 is 5.32 Å². The number of hydrogen-bond donors (Lipinski definition) is 1. The van der Waals surface area contributed by atoms with Crippen molar-refractivity contribution < 1.29 is 21.2 Å². The molecule has 140 valence electrons. The quantitative estimate of drug-likeness (QED) is 0.806. The fourth-order valence-electron chi connectivity index (χ4n) is 2.96. The van der Waals surface area contributed by atoms with Crippen LogP contribution in [0.3, 0.4) is 0 Å². The third kappa shape index (κ3) is 4.25. The van der Waals surface area contributed by atoms with Crippen molar-refractivity contribution in [1.82, 2.24) is 5.32 Å². The van der Waals surface area contributed by atoms with E-state index in [1.165, 1.54) is 36.4 Å². The fourth-order valence-corrected chi connectivity index (χ4v) is 7.80. The summed E-state index contributed by atoms with van der Waals surface area (Å²) in [4.78, 5) is 0.0394. The van der Waals surface area contributed by atoms with Crippen LogP contribution >= 0.6 is 11.6 Å². The molecule has 1 N–H and O–H groups in total. The van der Waals surface area contributed by atoms with E-state index in [-0.39, 0.29) is 23.0 Å². The van der Waals surface area contributed by atoms with Crippen LogP contribution in [0, 0.1) is 5.82 Å². The number of benzene rings is 2. The minimum atomic E-state index is -3.85. The van der Waals surface area contributed by atoms with Gasteiger partial charge in [0.1, 0.15) is 5.82 Å². The van der Waals surface area contributed by atoms with Gasteiger partial charge in [0.05, 0.1) is 21.7 Å². The molecule has 0 aromatic heterocycles. The van der Waals surface area contributed by atoms with Gasteiger partial charge >= 0.3 is 0 Å². The van der Waals surface area contributed by atoms with Crippen molar-refractivity contribution in [2.45, 2.75) is 22.7 Å². The van der Waals surface area contributed by atoms with Gasteiger partial charge in [0, 0.05) is 17.6 Å². The topological polar surface area (TPSA) is 80.3 Å². The summed E-state index contributed by atoms with van der Waals surface area (Å²) in [6.45, 7) is 0.243. The maximum Gasteiger partial charge on any atom is 0.183 e. The molecule has 2 atom stereocenters. The molecule has 0 aliphatic carbocycles. The number of halogens is 2. The molecule has 1 aliphatic heterocycles. The van der Waals surface area contributed by atoms with Crippen molar-refractivity contribution in [3.63, 3.8) is 0 Å². The van der Waals surface area contributed by atoms with E-state index >= 15 is 0 Å². The summed E-state index contributed by atoms with van der Waals surface area (Å²) in [7, 11) is -7.33. The van der Waals surface area contributed by atoms with Crippen LogP contribution in [-0.2, 0) is 26.2 Å². The average Bonchev–Trinajstić information content (AvgIpc) is 2.90. The summed E-state index contributed by atoms with van der Waals surface area (Å²) >= 11 is 5.79. The molecule has 2 aromatic carbocycles. The SMILES string of the molecule is O=S1(=O)CC(NCc2ccc(F)cc2)C(S(=O)(=O)c2ccc(Cl)cc2)C1. The minimum Gasteiger partial charge on any atom is -0.308 e. The molecule has 26 heavy (non-hydrogen) atoms. The molecule has 5 nitrogen and oxygen atoms in total. The highest BCUT2D eigenvalue weighted by molar-refractivity contribution is 7.96. The van der Waals surface area contributed by atoms with Crippen LogP contribution in [0.2, 0.25) is 5.02 Å². The lowest BCUT2D eigenvalue weighted by atomic mass is 10.2. The first-order chi connectivity index (χ1) is 12.2. The van der Waals surface area contributed by atoms with Gasteiger partial charge in [0.15, 0.2) is 19.7 Å². The smallest absolute Gasteiger partial charge is 0.183 e. The molecule has 2 unspecified atom stereocenters. The largest absolute Gasteiger partial charge is 0.308 e. The lowest BCUT2D eigenvalue weighted by Crippen LogP contribution is -2.43. The summed E-state index contributed by atoms with van der Waals surface area (Å²) in [5.74, 6) is -1.06. The van der Waals surface area contributed by atoms with E-state index in [0.29, 0.717) is 5.02 Å². The average molecular weight is 418 g/mol. The Bertz CT molecular complexity index is 990. The van der Waals surface area contributed by atoms with E-state index in [1.54, 1.807) is 12.1 Å². The van der Waals surface area contributed by atoms with E-state index in [4.69, 9.17) is 11.6 Å². The Balaban J connectivity index is 1.83. The van der Waals surface area contributed by atoms with Crippen LogP contribution in [0.25, 0.3) is 0 Å². The molecule has 3 rings (SSSR count). The predicted octanol–water partition coefficient (Wildman–Crippen LogP) is 2.21. The zero-order valence-electron chi connectivity index (χ0n) is 13.6. The standard InChI is InChI=1S/C17H17ClFNO4S2/c18-13-3-7-15(8-4-13)26(23,24)17-11-25(21,22)10-16(17)20-9-12-1-5-14(19)6-2-12/h1-8,16-17,20H,9-11H2. The van der Waals surface area contributed by atoms with Crippen LogP contribution in [0.15, 0.2) is 53.4 Å². The molecule has 0 radical (unpaired) electrons. The highest BCUT2D eigenvalue weighted by Gasteiger charge is 2.45. The summed E-state index contributed by atoms with van der Waals surface area (Å²) < 4.78 is 62.9. The molecule has 9 heteroatoms.